The summed E-state index contributed by atoms with van der Waals surface area (Å²) in [6.07, 6.45) is -4.83. The van der Waals surface area contributed by atoms with Gasteiger partial charge in [-0.1, -0.05) is 54.6 Å². The smallest absolute Gasteiger partial charge is 0.372 e. The fourth-order valence-electron chi connectivity index (χ4n) is 2.67. The number of hydrogen-bond acceptors (Lipinski definition) is 1. The summed E-state index contributed by atoms with van der Waals surface area (Å²) in [6.45, 7) is 1.84. The highest BCUT2D eigenvalue weighted by molar-refractivity contribution is 5.43. The lowest BCUT2D eigenvalue weighted by Gasteiger charge is -2.34. The predicted octanol–water partition coefficient (Wildman–Crippen LogP) is 2.69. The van der Waals surface area contributed by atoms with E-state index in [9.17, 15) is 18.3 Å². The molecule has 2 atom stereocenters. The van der Waals surface area contributed by atoms with E-state index >= 15 is 0 Å². The Labute approximate surface area is 134 Å². The topological polar surface area (TPSA) is 24.7 Å². The maximum Gasteiger partial charge on any atom is 0.425 e. The van der Waals surface area contributed by atoms with Gasteiger partial charge < -0.3 is 10.0 Å². The van der Waals surface area contributed by atoms with Crippen LogP contribution in [0.15, 0.2) is 54.6 Å². The van der Waals surface area contributed by atoms with Gasteiger partial charge in [-0.15, -0.1) is 0 Å². The van der Waals surface area contributed by atoms with E-state index in [1.807, 2.05) is 21.0 Å². The molecule has 5 heteroatoms. The van der Waals surface area contributed by atoms with Crippen LogP contribution in [0.25, 0.3) is 0 Å². The molecule has 2 aromatic rings. The summed E-state index contributed by atoms with van der Waals surface area (Å²) in [6, 6.07) is 13.2. The molecule has 124 valence electrons. The second-order valence-electron chi connectivity index (χ2n) is 5.96. The number of hydrogen-bond donors (Lipinski definition) is 2. The molecule has 0 saturated heterocycles. The molecule has 0 spiro atoms. The molecule has 2 nitrogen and oxygen atoms in total. The molecule has 0 fully saturated rings. The van der Waals surface area contributed by atoms with Crippen LogP contribution in [0.2, 0.25) is 0 Å². The summed E-state index contributed by atoms with van der Waals surface area (Å²) in [5.41, 5.74) is -2.85. The molecule has 23 heavy (non-hydrogen) atoms. The second-order valence-corrected chi connectivity index (χ2v) is 5.96. The Morgan fingerprint density at radius 2 is 1.43 bits per heavy atom. The van der Waals surface area contributed by atoms with Crippen LogP contribution < -0.4 is 4.90 Å². The van der Waals surface area contributed by atoms with Crippen LogP contribution in [0.5, 0.6) is 0 Å². The minimum atomic E-state index is -4.83. The standard InChI is InChI=1S/C18H20F3NO/c1-13(22(2)3)15-11-7-8-12-16(15)17(23,18(19,20)21)14-9-5-4-6-10-14/h4-13,23H,1-3H3/p+1/t13-,17-/m1/s1. The molecule has 0 saturated carbocycles. The van der Waals surface area contributed by atoms with Crippen molar-refractivity contribution in [3.8, 4) is 0 Å². The van der Waals surface area contributed by atoms with Crippen molar-refractivity contribution in [2.45, 2.75) is 24.7 Å². The lowest BCUT2D eigenvalue weighted by atomic mass is 9.81. The lowest BCUT2D eigenvalue weighted by molar-refractivity contribution is -0.890. The van der Waals surface area contributed by atoms with E-state index < -0.39 is 11.8 Å². The number of quaternary nitrogens is 1. The zero-order valence-corrected chi connectivity index (χ0v) is 13.4. The number of nitrogens with one attached hydrogen (secondary N) is 1. The third-order valence-corrected chi connectivity index (χ3v) is 4.28. The van der Waals surface area contributed by atoms with Crippen LogP contribution in [0.3, 0.4) is 0 Å². The van der Waals surface area contributed by atoms with Gasteiger partial charge in [0.25, 0.3) is 0 Å². The predicted molar refractivity (Wildman–Crippen MR) is 83.2 cm³/mol. The summed E-state index contributed by atoms with van der Waals surface area (Å²) in [5, 5.41) is 10.8. The Morgan fingerprint density at radius 3 is 1.96 bits per heavy atom. The van der Waals surface area contributed by atoms with Gasteiger partial charge in [0.05, 0.1) is 14.1 Å². The molecule has 2 aromatic carbocycles. The highest BCUT2D eigenvalue weighted by Gasteiger charge is 2.57. The number of benzene rings is 2. The van der Waals surface area contributed by atoms with Gasteiger partial charge in [-0.2, -0.15) is 13.2 Å². The van der Waals surface area contributed by atoms with Gasteiger partial charge in [-0.3, -0.25) is 0 Å². The quantitative estimate of drug-likeness (QED) is 0.888. The molecule has 0 aliphatic heterocycles. The maximum atomic E-state index is 13.9. The number of halogens is 3. The van der Waals surface area contributed by atoms with Crippen molar-refractivity contribution in [3.05, 3.63) is 71.3 Å². The third kappa shape index (κ3) is 3.12. The van der Waals surface area contributed by atoms with Gasteiger partial charge in [0, 0.05) is 11.1 Å². The fraction of sp³-hybridized carbons (Fsp3) is 0.333. The summed E-state index contributed by atoms with van der Waals surface area (Å²) < 4.78 is 41.6. The molecular formula is C18H21F3NO+. The maximum absolute atomic E-state index is 13.9. The number of rotatable bonds is 4. The summed E-state index contributed by atoms with van der Waals surface area (Å²) in [4.78, 5) is 0.982. The van der Waals surface area contributed by atoms with Crippen LogP contribution in [0.1, 0.15) is 29.7 Å². The molecule has 0 unspecified atom stereocenters. The molecule has 0 aliphatic carbocycles. The van der Waals surface area contributed by atoms with E-state index in [2.05, 4.69) is 0 Å². The molecule has 0 radical (unpaired) electrons. The van der Waals surface area contributed by atoms with Crippen LogP contribution in [-0.4, -0.2) is 25.4 Å². The minimum Gasteiger partial charge on any atom is -0.372 e. The Kier molecular flexibility index (Phi) is 4.82. The van der Waals surface area contributed by atoms with E-state index in [-0.39, 0.29) is 17.2 Å². The molecule has 0 bridgehead atoms. The molecule has 2 N–H and O–H groups in total. The van der Waals surface area contributed by atoms with E-state index in [1.54, 1.807) is 18.2 Å². The van der Waals surface area contributed by atoms with Gasteiger partial charge in [0.15, 0.2) is 0 Å². The zero-order valence-electron chi connectivity index (χ0n) is 13.4. The summed E-state index contributed by atoms with van der Waals surface area (Å²) >= 11 is 0. The third-order valence-electron chi connectivity index (χ3n) is 4.28. The zero-order chi connectivity index (χ0) is 17.3. The molecule has 0 amide bonds. The highest BCUT2D eigenvalue weighted by Crippen LogP contribution is 2.45. The lowest BCUT2D eigenvalue weighted by Crippen LogP contribution is -3.05. The van der Waals surface area contributed by atoms with Crippen LogP contribution in [0, 0.1) is 0 Å². The average Bonchev–Trinajstić information content (AvgIpc) is 2.53. The Hall–Kier alpha value is -1.85. The molecule has 0 heterocycles. The van der Waals surface area contributed by atoms with Gasteiger partial charge >= 0.3 is 6.18 Å². The van der Waals surface area contributed by atoms with Crippen LogP contribution in [-0.2, 0) is 5.60 Å². The van der Waals surface area contributed by atoms with Crippen molar-refractivity contribution < 1.29 is 23.2 Å². The molecule has 0 aromatic heterocycles. The first-order valence-electron chi connectivity index (χ1n) is 7.43. The number of alkyl halides is 3. The first-order valence-corrected chi connectivity index (χ1v) is 7.43. The van der Waals surface area contributed by atoms with Crippen molar-refractivity contribution >= 4 is 0 Å². The summed E-state index contributed by atoms with van der Waals surface area (Å²) in [7, 11) is 3.74. The SMILES string of the molecule is C[C@H](c1ccccc1[C@](O)(c1ccccc1)C(F)(F)F)[NH+](C)C. The van der Waals surface area contributed by atoms with Crippen LogP contribution in [0.4, 0.5) is 13.2 Å². The monoisotopic (exact) mass is 324 g/mol. The normalized spacial score (nSPS) is 16.2. The van der Waals surface area contributed by atoms with Crippen molar-refractivity contribution in [2.24, 2.45) is 0 Å². The second kappa shape index (κ2) is 6.34. The molecule has 0 aliphatic rings. The van der Waals surface area contributed by atoms with Crippen LogP contribution >= 0.6 is 0 Å². The highest BCUT2D eigenvalue weighted by atomic mass is 19.4. The van der Waals surface area contributed by atoms with Gasteiger partial charge in [-0.25, -0.2) is 0 Å². The Bertz CT molecular complexity index is 655. The minimum absolute atomic E-state index is 0.118. The fourth-order valence-corrected chi connectivity index (χ4v) is 2.67. The first-order chi connectivity index (χ1) is 10.7. The van der Waals surface area contributed by atoms with E-state index in [1.165, 1.54) is 36.4 Å². The Balaban J connectivity index is 2.73. The first kappa shape index (κ1) is 17.5. The molecular weight excluding hydrogens is 303 g/mol. The van der Waals surface area contributed by atoms with E-state index in [0.29, 0.717) is 5.56 Å². The van der Waals surface area contributed by atoms with Gasteiger partial charge in [-0.05, 0) is 12.5 Å². The summed E-state index contributed by atoms with van der Waals surface area (Å²) in [5.74, 6) is 0. The van der Waals surface area contributed by atoms with Crippen molar-refractivity contribution in [3.63, 3.8) is 0 Å². The largest absolute Gasteiger partial charge is 0.425 e. The van der Waals surface area contributed by atoms with Crippen molar-refractivity contribution in [1.29, 1.82) is 0 Å². The van der Waals surface area contributed by atoms with Crippen molar-refractivity contribution in [2.75, 3.05) is 14.1 Å². The van der Waals surface area contributed by atoms with Gasteiger partial charge in [0.1, 0.15) is 6.04 Å². The van der Waals surface area contributed by atoms with Crippen molar-refractivity contribution in [1.82, 2.24) is 0 Å². The molecule has 2 rings (SSSR count). The Morgan fingerprint density at radius 1 is 0.913 bits per heavy atom. The average molecular weight is 324 g/mol. The van der Waals surface area contributed by atoms with E-state index in [4.69, 9.17) is 0 Å². The van der Waals surface area contributed by atoms with E-state index in [0.717, 1.165) is 4.90 Å². The van der Waals surface area contributed by atoms with Gasteiger partial charge in [0.2, 0.25) is 5.60 Å². The number of aliphatic hydroxyl groups is 1.